The van der Waals surface area contributed by atoms with Crippen LogP contribution in [-0.4, -0.2) is 104 Å². The van der Waals surface area contributed by atoms with Crippen LogP contribution in [0.3, 0.4) is 0 Å². The molecule has 0 spiro atoms. The van der Waals surface area contributed by atoms with Crippen molar-refractivity contribution in [2.75, 3.05) is 82.2 Å². The van der Waals surface area contributed by atoms with E-state index in [0.717, 1.165) is 82.3 Å². The van der Waals surface area contributed by atoms with E-state index in [9.17, 15) is 4.79 Å². The van der Waals surface area contributed by atoms with E-state index in [1.807, 2.05) is 19.1 Å². The molecule has 11 heteroatoms. The van der Waals surface area contributed by atoms with Crippen LogP contribution in [0.25, 0.3) is 0 Å². The van der Waals surface area contributed by atoms with Crippen molar-refractivity contribution in [1.29, 1.82) is 0 Å². The van der Waals surface area contributed by atoms with Crippen LogP contribution in [0, 0.1) is 0 Å². The molecule has 5 rings (SSSR count). The van der Waals surface area contributed by atoms with Gasteiger partial charge in [-0.25, -0.2) is 9.97 Å². The number of nitrogens with one attached hydrogen (secondary N) is 2. The fraction of sp³-hybridized carbons (Fsp3) is 0.607. The van der Waals surface area contributed by atoms with E-state index in [0.29, 0.717) is 36.4 Å². The number of primary amides is 1. The van der Waals surface area contributed by atoms with Crippen LogP contribution in [0.15, 0.2) is 18.2 Å². The van der Waals surface area contributed by atoms with Gasteiger partial charge in [0.2, 0.25) is 0 Å². The number of nitrogens with zero attached hydrogens (tertiary/aromatic N) is 5. The minimum absolute atomic E-state index is 0.120. The van der Waals surface area contributed by atoms with Crippen LogP contribution < -0.4 is 26.0 Å². The summed E-state index contributed by atoms with van der Waals surface area (Å²) in [4.78, 5) is 29.1. The van der Waals surface area contributed by atoms with Gasteiger partial charge in [-0.3, -0.25) is 9.69 Å². The van der Waals surface area contributed by atoms with Crippen LogP contribution >= 0.6 is 0 Å². The number of rotatable bonds is 9. The molecular weight excluding hydrogens is 496 g/mol. The summed E-state index contributed by atoms with van der Waals surface area (Å²) in [6, 6.07) is 6.82. The SMILES string of the molecule is CCc1nc(C(N)=O)c(Nc2ccc(N3CCC(N4CCN(C)CC4)CC3)c(OC)c2)nc1NC1CCOC1. The maximum atomic E-state index is 12.3. The number of carbonyl (C=O) groups excluding carboxylic acids is 1. The summed E-state index contributed by atoms with van der Waals surface area (Å²) in [5.74, 6) is 1.12. The zero-order valence-electron chi connectivity index (χ0n) is 23.4. The Bertz CT molecular complexity index is 1140. The molecule has 3 fully saturated rings. The van der Waals surface area contributed by atoms with Gasteiger partial charge in [0.05, 0.1) is 31.1 Å². The molecule has 1 atom stereocenters. The number of ether oxygens (including phenoxy) is 2. The third-order valence-electron chi connectivity index (χ3n) is 8.11. The van der Waals surface area contributed by atoms with Crippen molar-refractivity contribution in [2.24, 2.45) is 5.73 Å². The molecule has 212 valence electrons. The Morgan fingerprint density at radius 2 is 1.87 bits per heavy atom. The molecule has 1 unspecified atom stereocenters. The van der Waals surface area contributed by atoms with Crippen molar-refractivity contribution in [3.63, 3.8) is 0 Å². The molecule has 0 aliphatic carbocycles. The van der Waals surface area contributed by atoms with Gasteiger partial charge in [0.15, 0.2) is 17.3 Å². The van der Waals surface area contributed by atoms with E-state index in [1.165, 1.54) is 0 Å². The number of benzene rings is 1. The average Bonchev–Trinajstić information content (AvgIpc) is 3.47. The molecule has 3 aliphatic rings. The molecule has 4 heterocycles. The van der Waals surface area contributed by atoms with Gasteiger partial charge >= 0.3 is 0 Å². The van der Waals surface area contributed by atoms with Gasteiger partial charge in [0, 0.05) is 63.7 Å². The monoisotopic (exact) mass is 538 g/mol. The highest BCUT2D eigenvalue weighted by atomic mass is 16.5. The fourth-order valence-corrected chi connectivity index (χ4v) is 5.75. The summed E-state index contributed by atoms with van der Waals surface area (Å²) >= 11 is 0. The summed E-state index contributed by atoms with van der Waals surface area (Å²) < 4.78 is 11.3. The number of carbonyl (C=O) groups is 1. The highest BCUT2D eigenvalue weighted by molar-refractivity contribution is 5.96. The van der Waals surface area contributed by atoms with Crippen molar-refractivity contribution >= 4 is 28.9 Å². The number of hydrogen-bond acceptors (Lipinski definition) is 10. The number of aromatic nitrogens is 2. The maximum Gasteiger partial charge on any atom is 0.271 e. The van der Waals surface area contributed by atoms with Crippen molar-refractivity contribution < 1.29 is 14.3 Å². The predicted molar refractivity (Wildman–Crippen MR) is 153 cm³/mol. The standard InChI is InChI=1S/C28H42N8O3/c1-4-22-27(31-20-9-16-39-18-20)33-28(25(32-22)26(29)37)30-19-5-6-23(24(17-19)38-3)36-10-7-21(8-11-36)35-14-12-34(2)13-15-35/h5-6,17,20-21H,4,7-16,18H2,1-3H3,(H2,29,37)(H2,30,31,33). The number of likely N-dealkylation sites (N-methyl/N-ethyl adjacent to an activating group) is 1. The number of piperidine rings is 1. The first-order valence-corrected chi connectivity index (χ1v) is 14.1. The molecule has 1 amide bonds. The summed E-state index contributed by atoms with van der Waals surface area (Å²) in [7, 11) is 3.89. The smallest absolute Gasteiger partial charge is 0.271 e. The van der Waals surface area contributed by atoms with Gasteiger partial charge in [0.1, 0.15) is 5.75 Å². The fourth-order valence-electron chi connectivity index (χ4n) is 5.75. The van der Waals surface area contributed by atoms with Gasteiger partial charge < -0.3 is 35.6 Å². The quantitative estimate of drug-likeness (QED) is 0.439. The summed E-state index contributed by atoms with van der Waals surface area (Å²) in [5.41, 5.74) is 8.34. The lowest BCUT2D eigenvalue weighted by molar-refractivity contribution is 0.0981. The second-order valence-corrected chi connectivity index (χ2v) is 10.7. The maximum absolute atomic E-state index is 12.3. The van der Waals surface area contributed by atoms with E-state index in [2.05, 4.69) is 43.4 Å². The molecule has 3 aliphatic heterocycles. The highest BCUT2D eigenvalue weighted by Crippen LogP contribution is 2.35. The van der Waals surface area contributed by atoms with E-state index < -0.39 is 5.91 Å². The topological polar surface area (TPSA) is 121 Å². The van der Waals surface area contributed by atoms with Gasteiger partial charge in [0.25, 0.3) is 5.91 Å². The Morgan fingerprint density at radius 1 is 1.10 bits per heavy atom. The first-order valence-electron chi connectivity index (χ1n) is 14.1. The lowest BCUT2D eigenvalue weighted by Crippen LogP contribution is -2.52. The molecule has 0 bridgehead atoms. The normalized spacial score (nSPS) is 21.2. The Kier molecular flexibility index (Phi) is 8.69. The lowest BCUT2D eigenvalue weighted by Gasteiger charge is -2.42. The molecule has 2 aromatic rings. The Labute approximate surface area is 231 Å². The molecule has 4 N–H and O–H groups in total. The number of piperazine rings is 1. The van der Waals surface area contributed by atoms with Gasteiger partial charge in [-0.05, 0) is 44.9 Å². The Balaban J connectivity index is 1.31. The average molecular weight is 539 g/mol. The molecule has 39 heavy (non-hydrogen) atoms. The van der Waals surface area contributed by atoms with Crippen molar-refractivity contribution in [3.8, 4) is 5.75 Å². The number of methoxy groups -OCH3 is 1. The highest BCUT2D eigenvalue weighted by Gasteiger charge is 2.28. The van der Waals surface area contributed by atoms with E-state index in [4.69, 9.17) is 20.2 Å². The number of anilines is 4. The molecule has 0 saturated carbocycles. The van der Waals surface area contributed by atoms with Crippen molar-refractivity contribution in [1.82, 2.24) is 19.8 Å². The minimum Gasteiger partial charge on any atom is -0.495 e. The number of hydrogen-bond donors (Lipinski definition) is 3. The summed E-state index contributed by atoms with van der Waals surface area (Å²) in [6.45, 7) is 9.93. The van der Waals surface area contributed by atoms with E-state index in [1.54, 1.807) is 7.11 Å². The van der Waals surface area contributed by atoms with E-state index in [-0.39, 0.29) is 11.7 Å². The summed E-state index contributed by atoms with van der Waals surface area (Å²) in [5, 5.41) is 6.70. The second-order valence-electron chi connectivity index (χ2n) is 10.7. The Morgan fingerprint density at radius 3 is 2.51 bits per heavy atom. The van der Waals surface area contributed by atoms with Crippen LogP contribution in [0.2, 0.25) is 0 Å². The molecular formula is C28H42N8O3. The molecule has 0 radical (unpaired) electrons. The minimum atomic E-state index is -0.623. The molecule has 3 saturated heterocycles. The second kappa shape index (κ2) is 12.4. The largest absolute Gasteiger partial charge is 0.495 e. The zero-order chi connectivity index (χ0) is 27.4. The number of nitrogens with two attached hydrogens (primary N) is 1. The first kappa shape index (κ1) is 27.4. The van der Waals surface area contributed by atoms with Crippen LogP contribution in [0.4, 0.5) is 23.0 Å². The van der Waals surface area contributed by atoms with Gasteiger partial charge in [-0.15, -0.1) is 0 Å². The third-order valence-corrected chi connectivity index (χ3v) is 8.11. The molecule has 1 aromatic carbocycles. The van der Waals surface area contributed by atoms with Crippen molar-refractivity contribution in [3.05, 3.63) is 29.6 Å². The van der Waals surface area contributed by atoms with Gasteiger partial charge in [-0.2, -0.15) is 0 Å². The number of amides is 1. The van der Waals surface area contributed by atoms with Crippen LogP contribution in [-0.2, 0) is 11.2 Å². The zero-order valence-corrected chi connectivity index (χ0v) is 23.4. The molecule has 1 aromatic heterocycles. The Hall–Kier alpha value is -3.15. The van der Waals surface area contributed by atoms with Crippen LogP contribution in [0.5, 0.6) is 5.75 Å². The summed E-state index contributed by atoms with van der Waals surface area (Å²) in [6.07, 6.45) is 3.82. The first-order chi connectivity index (χ1) is 18.9. The van der Waals surface area contributed by atoms with Crippen molar-refractivity contribution in [2.45, 2.75) is 44.7 Å². The third kappa shape index (κ3) is 6.37. The lowest BCUT2D eigenvalue weighted by atomic mass is 10.0. The van der Waals surface area contributed by atoms with E-state index >= 15 is 0 Å². The predicted octanol–water partition coefficient (Wildman–Crippen LogP) is 2.31. The molecule has 11 nitrogen and oxygen atoms in total. The van der Waals surface area contributed by atoms with Crippen LogP contribution in [0.1, 0.15) is 42.4 Å². The van der Waals surface area contributed by atoms with Gasteiger partial charge in [-0.1, -0.05) is 6.92 Å². The number of aryl methyl sites for hydroxylation is 1.